The van der Waals surface area contributed by atoms with Gasteiger partial charge in [-0.1, -0.05) is 51.4 Å². The van der Waals surface area contributed by atoms with Crippen LogP contribution in [0.5, 0.6) is 0 Å². The molecule has 0 saturated heterocycles. The van der Waals surface area contributed by atoms with E-state index in [2.05, 4.69) is 0 Å². The predicted octanol–water partition coefficient (Wildman–Crippen LogP) is -4.01. The van der Waals surface area contributed by atoms with Gasteiger partial charge >= 0.3 is 59.1 Å². The van der Waals surface area contributed by atoms with Gasteiger partial charge in [0.2, 0.25) is 0 Å². The maximum atomic E-state index is 10.3. The minimum Gasteiger partial charge on any atom is -0.748 e. The van der Waals surface area contributed by atoms with Gasteiger partial charge in [0, 0.05) is 11.5 Å². The number of unbranched alkanes of at least 4 members (excludes halogenated alkanes) is 9. The molecule has 10 heteroatoms. The van der Waals surface area contributed by atoms with Crippen LogP contribution in [0.3, 0.4) is 0 Å². The van der Waals surface area contributed by atoms with Crippen LogP contribution < -0.4 is 59.1 Å². The SMILES string of the molecule is O=S(=O)([O-])CCCCCCCCCCCCS(=O)(=O)[O-].[Na+].[Na+]. The fourth-order valence-corrected chi connectivity index (χ4v) is 3.09. The maximum absolute atomic E-state index is 10.3. The third-order valence-corrected chi connectivity index (χ3v) is 4.62. The third-order valence-electron chi connectivity index (χ3n) is 3.04. The van der Waals surface area contributed by atoms with E-state index in [4.69, 9.17) is 0 Å². The van der Waals surface area contributed by atoms with Crippen LogP contribution >= 0.6 is 0 Å². The zero-order valence-electron chi connectivity index (χ0n) is 13.8. The van der Waals surface area contributed by atoms with Gasteiger partial charge in [-0.05, 0) is 12.8 Å². The molecule has 22 heavy (non-hydrogen) atoms. The number of rotatable bonds is 13. The van der Waals surface area contributed by atoms with E-state index >= 15 is 0 Å². The Morgan fingerprint density at radius 2 is 0.636 bits per heavy atom. The second kappa shape index (κ2) is 16.3. The molecule has 0 N–H and O–H groups in total. The van der Waals surface area contributed by atoms with Crippen LogP contribution in [-0.4, -0.2) is 37.4 Å². The standard InChI is InChI=1S/C12H26O6S2.2Na/c13-19(14,15)11-9-7-5-3-1-2-4-6-8-10-12-20(16,17)18;;/h1-12H2,(H,13,14,15)(H,16,17,18);;/q;2*+1/p-2. The van der Waals surface area contributed by atoms with Gasteiger partial charge in [0.15, 0.2) is 0 Å². The van der Waals surface area contributed by atoms with Gasteiger partial charge in [-0.15, -0.1) is 0 Å². The van der Waals surface area contributed by atoms with Crippen LogP contribution in [0.1, 0.15) is 64.2 Å². The Morgan fingerprint density at radius 3 is 0.818 bits per heavy atom. The van der Waals surface area contributed by atoms with Crippen LogP contribution in [0.4, 0.5) is 0 Å². The summed E-state index contributed by atoms with van der Waals surface area (Å²) in [6.45, 7) is 0. The largest absolute Gasteiger partial charge is 1.00 e. The van der Waals surface area contributed by atoms with Crippen molar-refractivity contribution in [3.8, 4) is 0 Å². The zero-order valence-corrected chi connectivity index (χ0v) is 19.4. The molecule has 0 amide bonds. The van der Waals surface area contributed by atoms with Gasteiger partial charge in [0.1, 0.15) is 0 Å². The molecule has 0 saturated carbocycles. The summed E-state index contributed by atoms with van der Waals surface area (Å²) in [6.07, 6.45) is 8.44. The van der Waals surface area contributed by atoms with E-state index in [1.54, 1.807) is 0 Å². The van der Waals surface area contributed by atoms with Crippen molar-refractivity contribution >= 4 is 20.2 Å². The molecule has 0 aromatic carbocycles. The molecule has 0 atom stereocenters. The maximum Gasteiger partial charge on any atom is 1.00 e. The molecule has 0 bridgehead atoms. The Morgan fingerprint density at radius 1 is 0.455 bits per heavy atom. The first-order valence-electron chi connectivity index (χ1n) is 7.08. The first-order valence-corrected chi connectivity index (χ1v) is 10.2. The second-order valence-electron chi connectivity index (χ2n) is 5.06. The van der Waals surface area contributed by atoms with Crippen LogP contribution in [-0.2, 0) is 20.2 Å². The van der Waals surface area contributed by atoms with Gasteiger partial charge < -0.3 is 9.11 Å². The van der Waals surface area contributed by atoms with Gasteiger partial charge in [0.05, 0.1) is 20.2 Å². The van der Waals surface area contributed by atoms with Crippen molar-refractivity contribution in [1.82, 2.24) is 0 Å². The Bertz CT molecular complexity index is 395. The van der Waals surface area contributed by atoms with E-state index in [1.807, 2.05) is 0 Å². The van der Waals surface area contributed by atoms with Crippen molar-refractivity contribution in [2.45, 2.75) is 64.2 Å². The van der Waals surface area contributed by atoms with Crippen molar-refractivity contribution in [2.24, 2.45) is 0 Å². The molecule has 0 aliphatic rings. The van der Waals surface area contributed by atoms with Crippen LogP contribution in [0.15, 0.2) is 0 Å². The smallest absolute Gasteiger partial charge is 0.748 e. The first kappa shape index (κ1) is 28.6. The van der Waals surface area contributed by atoms with Crippen molar-refractivity contribution in [2.75, 3.05) is 11.5 Å². The van der Waals surface area contributed by atoms with Gasteiger partial charge in [-0.25, -0.2) is 16.8 Å². The monoisotopic (exact) mass is 374 g/mol. The van der Waals surface area contributed by atoms with Crippen LogP contribution in [0.2, 0.25) is 0 Å². The minimum atomic E-state index is -4.06. The van der Waals surface area contributed by atoms with Crippen molar-refractivity contribution in [1.29, 1.82) is 0 Å². The summed E-state index contributed by atoms with van der Waals surface area (Å²) < 4.78 is 62.0. The van der Waals surface area contributed by atoms with E-state index in [0.717, 1.165) is 51.4 Å². The van der Waals surface area contributed by atoms with Gasteiger partial charge in [0.25, 0.3) is 0 Å². The average Bonchev–Trinajstić information content (AvgIpc) is 2.27. The van der Waals surface area contributed by atoms with Crippen molar-refractivity contribution in [3.05, 3.63) is 0 Å². The molecular weight excluding hydrogens is 350 g/mol. The summed E-state index contributed by atoms with van der Waals surface area (Å²) in [5.74, 6) is -0.536. The molecular formula is C12H24Na2O6S2. The summed E-state index contributed by atoms with van der Waals surface area (Å²) in [7, 11) is -8.12. The van der Waals surface area contributed by atoms with Crippen LogP contribution in [0, 0.1) is 0 Å². The molecule has 0 radical (unpaired) electrons. The number of hydrogen-bond donors (Lipinski definition) is 0. The summed E-state index contributed by atoms with van der Waals surface area (Å²) in [5.41, 5.74) is 0. The van der Waals surface area contributed by atoms with E-state index in [1.165, 1.54) is 0 Å². The van der Waals surface area contributed by atoms with E-state index in [0.29, 0.717) is 12.8 Å². The average molecular weight is 374 g/mol. The summed E-state index contributed by atoms with van der Waals surface area (Å²) >= 11 is 0. The van der Waals surface area contributed by atoms with Gasteiger partial charge in [-0.2, -0.15) is 0 Å². The predicted molar refractivity (Wildman–Crippen MR) is 75.3 cm³/mol. The quantitative estimate of drug-likeness (QED) is 0.184. The first-order chi connectivity index (χ1) is 9.21. The van der Waals surface area contributed by atoms with Crippen LogP contribution in [0.25, 0.3) is 0 Å². The fraction of sp³-hybridized carbons (Fsp3) is 1.00. The van der Waals surface area contributed by atoms with E-state index < -0.39 is 20.2 Å². The topological polar surface area (TPSA) is 114 Å². The molecule has 0 fully saturated rings. The molecule has 122 valence electrons. The van der Waals surface area contributed by atoms with Gasteiger partial charge in [-0.3, -0.25) is 0 Å². The Balaban J connectivity index is -0.00000180. The molecule has 0 aliphatic heterocycles. The summed E-state index contributed by atoms with van der Waals surface area (Å²) in [4.78, 5) is 0. The molecule has 0 aromatic rings. The zero-order chi connectivity index (χ0) is 15.5. The van der Waals surface area contributed by atoms with Crippen molar-refractivity contribution in [3.63, 3.8) is 0 Å². The Hall–Kier alpha value is 1.82. The molecule has 0 unspecified atom stereocenters. The second-order valence-corrected chi connectivity index (χ2v) is 8.11. The Labute approximate surface area is 179 Å². The normalized spacial score (nSPS) is 11.5. The molecule has 6 nitrogen and oxygen atoms in total. The van der Waals surface area contributed by atoms with E-state index in [-0.39, 0.29) is 70.6 Å². The number of hydrogen-bond acceptors (Lipinski definition) is 6. The van der Waals surface area contributed by atoms with Crippen molar-refractivity contribution < 1.29 is 85.1 Å². The third kappa shape index (κ3) is 26.7. The summed E-state index contributed by atoms with van der Waals surface area (Å²) in [5, 5.41) is 0. The Kier molecular flexibility index (Phi) is 21.2. The minimum absolute atomic E-state index is 0. The molecule has 0 aliphatic carbocycles. The fourth-order valence-electron chi connectivity index (χ4n) is 1.97. The molecule has 0 heterocycles. The summed E-state index contributed by atoms with van der Waals surface area (Å²) in [6, 6.07) is 0. The molecule has 0 aromatic heterocycles. The molecule has 0 rings (SSSR count). The van der Waals surface area contributed by atoms with E-state index in [9.17, 15) is 25.9 Å². The molecule has 0 spiro atoms.